The predicted molar refractivity (Wildman–Crippen MR) is 184 cm³/mol. The molecule has 1 amide bonds. The highest BCUT2D eigenvalue weighted by molar-refractivity contribution is 6.32. The third-order valence-electron chi connectivity index (χ3n) is 8.95. The molecule has 8 rings (SSSR count). The summed E-state index contributed by atoms with van der Waals surface area (Å²) in [5, 5.41) is 15.4. The number of allylic oxidation sites excluding steroid dienone is 2. The van der Waals surface area contributed by atoms with Gasteiger partial charge in [0.1, 0.15) is 5.69 Å². The summed E-state index contributed by atoms with van der Waals surface area (Å²) in [4.78, 5) is 26.8. The lowest BCUT2D eigenvalue weighted by molar-refractivity contribution is 0.102. The van der Waals surface area contributed by atoms with Gasteiger partial charge in [-0.2, -0.15) is 0 Å². The number of anilines is 2. The first-order chi connectivity index (χ1) is 22.5. The van der Waals surface area contributed by atoms with Gasteiger partial charge in [-0.1, -0.05) is 65.7 Å². The monoisotopic (exact) mass is 645 g/mol. The molecule has 1 atom stereocenters. The Morgan fingerprint density at radius 3 is 2.54 bits per heavy atom. The molecule has 5 aromatic rings. The number of hydrogen-bond donors (Lipinski definition) is 3. The van der Waals surface area contributed by atoms with Crippen LogP contribution in [-0.4, -0.2) is 45.1 Å². The molecular formula is C37H29Cl2N5O2. The molecule has 0 spiro atoms. The maximum absolute atomic E-state index is 14.4. The van der Waals surface area contributed by atoms with Crippen LogP contribution in [0.25, 0.3) is 22.2 Å². The van der Waals surface area contributed by atoms with E-state index in [0.29, 0.717) is 53.2 Å². The topological polar surface area (TPSA) is 84.5 Å². The number of amides is 1. The highest BCUT2D eigenvalue weighted by atomic mass is 35.5. The molecule has 228 valence electrons. The number of benzene rings is 3. The number of halogens is 2. The molecule has 3 aliphatic heterocycles. The molecule has 7 nitrogen and oxygen atoms in total. The number of fused-ring (bicyclic) bond motifs is 2. The van der Waals surface area contributed by atoms with E-state index in [-0.39, 0.29) is 18.1 Å². The summed E-state index contributed by atoms with van der Waals surface area (Å²) in [6, 6.07) is 25.3. The molecule has 46 heavy (non-hydrogen) atoms. The summed E-state index contributed by atoms with van der Waals surface area (Å²) in [6.45, 7) is 1.32. The average molecular weight is 647 g/mol. The standard InChI is InChI=1S/C37H29Cl2N5O2/c38-24-12-10-23(11-13-24)34-28-20-25(39)21-30-31(28)32(35-27(8-5-17-44(34)35)22-6-2-1-3-7-22)33(41-30)37(46)42-29-9-4-16-40-36(29)43-18-14-26(45)15-19-43/h1-4,6-13,16-17,20-21,26,34,41,45H,14-15,18-19H2,(H,42,46). The Labute approximate surface area is 276 Å². The molecule has 1 saturated heterocycles. The quantitative estimate of drug-likeness (QED) is 0.168. The number of rotatable bonds is 5. The highest BCUT2D eigenvalue weighted by Gasteiger charge is 2.39. The van der Waals surface area contributed by atoms with Gasteiger partial charge in [0.25, 0.3) is 5.91 Å². The van der Waals surface area contributed by atoms with E-state index in [1.807, 2.05) is 79.0 Å². The van der Waals surface area contributed by atoms with Gasteiger partial charge < -0.3 is 25.2 Å². The van der Waals surface area contributed by atoms with E-state index in [1.165, 1.54) is 0 Å². The average Bonchev–Trinajstić information content (AvgIpc) is 3.46. The smallest absolute Gasteiger partial charge is 0.272 e. The van der Waals surface area contributed by atoms with E-state index >= 15 is 0 Å². The summed E-state index contributed by atoms with van der Waals surface area (Å²) in [5.41, 5.74) is 10.8. The van der Waals surface area contributed by atoms with Gasteiger partial charge in [-0.25, -0.2) is 4.98 Å². The largest absolute Gasteiger partial charge is 0.393 e. The number of carbonyl (C=O) groups is 1. The number of aliphatic hydroxyl groups excluding tert-OH is 1. The minimum atomic E-state index is -0.316. The molecule has 1 fully saturated rings. The fraction of sp³-hybridized carbons (Fsp3) is 0.162. The SMILES string of the molecule is O=C(Nc1cccnc1N1CCC(O)CC1)c1[nH]c2cc(Cl)cc3c2c1C1=C(c2ccccc2)C=C=CN1C3c1ccc(Cl)cc1. The van der Waals surface area contributed by atoms with Gasteiger partial charge in [-0.15, -0.1) is 5.73 Å². The fourth-order valence-electron chi connectivity index (χ4n) is 6.87. The van der Waals surface area contributed by atoms with E-state index in [2.05, 4.69) is 42.9 Å². The van der Waals surface area contributed by atoms with Crippen molar-refractivity contribution >= 4 is 62.8 Å². The lowest BCUT2D eigenvalue weighted by Gasteiger charge is -2.39. The van der Waals surface area contributed by atoms with Gasteiger partial charge in [-0.05, 0) is 72.0 Å². The van der Waals surface area contributed by atoms with Crippen LogP contribution in [0.4, 0.5) is 11.5 Å². The fourth-order valence-corrected chi connectivity index (χ4v) is 7.23. The Morgan fingerprint density at radius 2 is 1.76 bits per heavy atom. The number of piperidine rings is 1. The second kappa shape index (κ2) is 11.5. The maximum atomic E-state index is 14.4. The van der Waals surface area contributed by atoms with Crippen molar-refractivity contribution in [2.24, 2.45) is 0 Å². The van der Waals surface area contributed by atoms with Gasteiger partial charge in [-0.3, -0.25) is 4.79 Å². The first-order valence-corrected chi connectivity index (χ1v) is 16.0. The highest BCUT2D eigenvalue weighted by Crippen LogP contribution is 2.51. The third-order valence-corrected chi connectivity index (χ3v) is 9.42. The van der Waals surface area contributed by atoms with Gasteiger partial charge in [0, 0.05) is 57.6 Å². The lowest BCUT2D eigenvalue weighted by atomic mass is 9.84. The van der Waals surface area contributed by atoms with Crippen molar-refractivity contribution in [3.8, 4) is 0 Å². The molecule has 0 bridgehead atoms. The van der Waals surface area contributed by atoms with Crippen molar-refractivity contribution < 1.29 is 9.90 Å². The maximum Gasteiger partial charge on any atom is 0.272 e. The van der Waals surface area contributed by atoms with Crippen LogP contribution >= 0.6 is 23.2 Å². The van der Waals surface area contributed by atoms with E-state index in [1.54, 1.807) is 6.20 Å². The van der Waals surface area contributed by atoms with Crippen LogP contribution in [-0.2, 0) is 0 Å². The molecule has 3 N–H and O–H groups in total. The van der Waals surface area contributed by atoms with Crippen molar-refractivity contribution in [3.63, 3.8) is 0 Å². The minimum Gasteiger partial charge on any atom is -0.393 e. The van der Waals surface area contributed by atoms with Gasteiger partial charge >= 0.3 is 0 Å². The van der Waals surface area contributed by atoms with Crippen LogP contribution in [0.1, 0.15) is 51.6 Å². The zero-order valence-electron chi connectivity index (χ0n) is 24.7. The number of carbonyl (C=O) groups excluding carboxylic acids is 1. The van der Waals surface area contributed by atoms with Crippen LogP contribution in [0, 0.1) is 0 Å². The second-order valence-electron chi connectivity index (χ2n) is 11.8. The number of pyridine rings is 1. The molecule has 3 aliphatic rings. The van der Waals surface area contributed by atoms with Crippen molar-refractivity contribution in [2.75, 3.05) is 23.3 Å². The normalized spacial score (nSPS) is 17.5. The van der Waals surface area contributed by atoms with Gasteiger partial charge in [0.15, 0.2) is 5.82 Å². The number of nitrogens with zero attached hydrogens (tertiary/aromatic N) is 3. The Balaban J connectivity index is 1.33. The summed E-state index contributed by atoms with van der Waals surface area (Å²) >= 11 is 13.1. The predicted octanol–water partition coefficient (Wildman–Crippen LogP) is 8.04. The van der Waals surface area contributed by atoms with Crippen LogP contribution < -0.4 is 10.2 Å². The summed E-state index contributed by atoms with van der Waals surface area (Å²) in [7, 11) is 0. The van der Waals surface area contributed by atoms with Gasteiger partial charge in [0.05, 0.1) is 23.5 Å². The van der Waals surface area contributed by atoms with Crippen molar-refractivity contribution in [1.29, 1.82) is 0 Å². The third kappa shape index (κ3) is 4.89. The lowest BCUT2D eigenvalue weighted by Crippen LogP contribution is -2.37. The zero-order chi connectivity index (χ0) is 31.4. The Morgan fingerprint density at radius 1 is 0.978 bits per heavy atom. The molecule has 3 aromatic carbocycles. The number of H-pyrrole nitrogens is 1. The zero-order valence-corrected chi connectivity index (χ0v) is 26.2. The summed E-state index contributed by atoms with van der Waals surface area (Å²) < 4.78 is 0. The summed E-state index contributed by atoms with van der Waals surface area (Å²) in [5.74, 6) is 0.399. The second-order valence-corrected chi connectivity index (χ2v) is 12.6. The van der Waals surface area contributed by atoms with Gasteiger partial charge in [0.2, 0.25) is 0 Å². The molecule has 0 saturated carbocycles. The molecule has 1 unspecified atom stereocenters. The van der Waals surface area contributed by atoms with Crippen LogP contribution in [0.5, 0.6) is 0 Å². The molecule has 0 radical (unpaired) electrons. The van der Waals surface area contributed by atoms with E-state index < -0.39 is 0 Å². The van der Waals surface area contributed by atoms with Crippen molar-refractivity contribution in [3.05, 3.63) is 141 Å². The number of nitrogens with one attached hydrogen (secondary N) is 2. The van der Waals surface area contributed by atoms with Crippen molar-refractivity contribution in [2.45, 2.75) is 25.0 Å². The van der Waals surface area contributed by atoms with Crippen LogP contribution in [0.2, 0.25) is 10.0 Å². The van der Waals surface area contributed by atoms with Crippen LogP contribution in [0.15, 0.2) is 103 Å². The van der Waals surface area contributed by atoms with E-state index in [9.17, 15) is 9.90 Å². The molecule has 5 heterocycles. The Hall–Kier alpha value is -4.78. The molecule has 0 aliphatic carbocycles. The molecule has 2 aromatic heterocycles. The Bertz CT molecular complexity index is 2090. The molecule has 9 heteroatoms. The van der Waals surface area contributed by atoms with E-state index in [0.717, 1.165) is 44.4 Å². The number of aromatic amines is 1. The Kier molecular flexibility index (Phi) is 7.19. The van der Waals surface area contributed by atoms with E-state index in [4.69, 9.17) is 23.2 Å². The van der Waals surface area contributed by atoms with Crippen LogP contribution in [0.3, 0.4) is 0 Å². The number of aliphatic hydroxyl groups is 1. The molecular weight excluding hydrogens is 617 g/mol. The first kappa shape index (κ1) is 28.7. The first-order valence-electron chi connectivity index (χ1n) is 15.3. The number of aromatic nitrogens is 2. The number of hydrogen-bond acceptors (Lipinski definition) is 5. The summed E-state index contributed by atoms with van der Waals surface area (Å²) in [6.07, 6.45) is 6.64. The minimum absolute atomic E-state index is 0.244. The van der Waals surface area contributed by atoms with Crippen molar-refractivity contribution in [1.82, 2.24) is 14.9 Å².